The number of anilines is 2. The molecule has 1 aliphatic rings. The summed E-state index contributed by atoms with van der Waals surface area (Å²) in [4.78, 5) is 31.0. The second-order valence-electron chi connectivity index (χ2n) is 6.95. The van der Waals surface area contributed by atoms with E-state index in [0.717, 1.165) is 22.5 Å². The van der Waals surface area contributed by atoms with Gasteiger partial charge in [0.05, 0.1) is 5.92 Å². The van der Waals surface area contributed by atoms with Crippen LogP contribution in [0.4, 0.5) is 11.4 Å². The summed E-state index contributed by atoms with van der Waals surface area (Å²) >= 11 is 0. The molecule has 1 aliphatic heterocycles. The number of hydrogen-bond acceptors (Lipinski definition) is 5. The summed E-state index contributed by atoms with van der Waals surface area (Å²) in [6.45, 7) is 4.05. The maximum absolute atomic E-state index is 12.6. The summed E-state index contributed by atoms with van der Waals surface area (Å²) in [7, 11) is 0. The molecule has 142 valence electrons. The Morgan fingerprint density at radius 1 is 1.18 bits per heavy atom. The van der Waals surface area contributed by atoms with Crippen LogP contribution < -0.4 is 10.2 Å². The Morgan fingerprint density at radius 3 is 2.68 bits per heavy atom. The van der Waals surface area contributed by atoms with Crippen molar-refractivity contribution in [1.29, 1.82) is 0 Å². The van der Waals surface area contributed by atoms with Crippen molar-refractivity contribution >= 4 is 23.2 Å². The summed E-state index contributed by atoms with van der Waals surface area (Å²) < 4.78 is 5.02. The molecule has 7 nitrogen and oxygen atoms in total. The molecule has 28 heavy (non-hydrogen) atoms. The first-order chi connectivity index (χ1) is 13.5. The van der Waals surface area contributed by atoms with E-state index in [4.69, 9.17) is 4.52 Å². The molecular formula is C21H20N4O3. The Morgan fingerprint density at radius 2 is 1.96 bits per heavy atom. The number of nitrogens with one attached hydrogen (secondary N) is 1. The van der Waals surface area contributed by atoms with Gasteiger partial charge in [0.15, 0.2) is 0 Å². The molecule has 3 aromatic rings. The van der Waals surface area contributed by atoms with E-state index in [1.165, 1.54) is 0 Å². The zero-order valence-corrected chi connectivity index (χ0v) is 15.7. The first kappa shape index (κ1) is 17.9. The lowest BCUT2D eigenvalue weighted by atomic mass is 10.1. The molecule has 0 saturated carbocycles. The number of carbonyl (C=O) groups is 2. The summed E-state index contributed by atoms with van der Waals surface area (Å²) in [6.07, 6.45) is 0.184. The molecule has 2 heterocycles. The molecular weight excluding hydrogens is 356 g/mol. The van der Waals surface area contributed by atoms with Crippen LogP contribution in [-0.4, -0.2) is 28.5 Å². The van der Waals surface area contributed by atoms with E-state index >= 15 is 0 Å². The molecule has 0 bridgehead atoms. The first-order valence-corrected chi connectivity index (χ1v) is 9.08. The molecule has 7 heteroatoms. The zero-order chi connectivity index (χ0) is 19.7. The predicted octanol–water partition coefficient (Wildman–Crippen LogP) is 3.35. The van der Waals surface area contributed by atoms with E-state index in [9.17, 15) is 9.59 Å². The van der Waals surface area contributed by atoms with Crippen molar-refractivity contribution in [3.63, 3.8) is 0 Å². The number of carbonyl (C=O) groups excluding carboxylic acids is 2. The van der Waals surface area contributed by atoms with Crippen LogP contribution in [0.2, 0.25) is 0 Å². The molecule has 0 radical (unpaired) electrons. The number of rotatable bonds is 4. The molecule has 2 aromatic carbocycles. The lowest BCUT2D eigenvalue weighted by Gasteiger charge is -2.17. The Bertz CT molecular complexity index is 1030. The average Bonchev–Trinajstić information content (AvgIpc) is 3.30. The second kappa shape index (κ2) is 7.26. The van der Waals surface area contributed by atoms with Gasteiger partial charge in [-0.15, -0.1) is 0 Å². The molecule has 1 aromatic heterocycles. The fourth-order valence-electron chi connectivity index (χ4n) is 3.24. The van der Waals surface area contributed by atoms with Crippen LogP contribution in [0, 0.1) is 19.8 Å². The van der Waals surface area contributed by atoms with Crippen molar-refractivity contribution < 1.29 is 14.1 Å². The summed E-state index contributed by atoms with van der Waals surface area (Å²) in [5, 5.41) is 6.81. The van der Waals surface area contributed by atoms with Gasteiger partial charge < -0.3 is 14.7 Å². The zero-order valence-electron chi connectivity index (χ0n) is 15.7. The van der Waals surface area contributed by atoms with Crippen LogP contribution in [0.25, 0.3) is 11.4 Å². The van der Waals surface area contributed by atoms with Crippen molar-refractivity contribution in [2.24, 2.45) is 5.92 Å². The number of hydrogen-bond donors (Lipinski definition) is 1. The summed E-state index contributed by atoms with van der Waals surface area (Å²) in [5.41, 5.74) is 3.33. The lowest BCUT2D eigenvalue weighted by Crippen LogP contribution is -2.28. The van der Waals surface area contributed by atoms with Gasteiger partial charge in [0, 0.05) is 36.8 Å². The largest absolute Gasteiger partial charge is 0.339 e. The van der Waals surface area contributed by atoms with Crippen molar-refractivity contribution in [2.75, 3.05) is 16.8 Å². The highest BCUT2D eigenvalue weighted by Gasteiger charge is 2.35. The van der Waals surface area contributed by atoms with Crippen LogP contribution in [0.1, 0.15) is 17.9 Å². The predicted molar refractivity (Wildman–Crippen MR) is 105 cm³/mol. The minimum atomic E-state index is -0.398. The number of amides is 2. The van der Waals surface area contributed by atoms with Gasteiger partial charge in [-0.3, -0.25) is 9.59 Å². The fourth-order valence-corrected chi connectivity index (χ4v) is 3.24. The molecule has 4 rings (SSSR count). The van der Waals surface area contributed by atoms with E-state index in [1.807, 2.05) is 55.5 Å². The van der Waals surface area contributed by atoms with Gasteiger partial charge in [0.1, 0.15) is 0 Å². The van der Waals surface area contributed by atoms with E-state index in [1.54, 1.807) is 11.8 Å². The Hall–Kier alpha value is -3.48. The van der Waals surface area contributed by atoms with Gasteiger partial charge >= 0.3 is 0 Å². The number of aromatic nitrogens is 2. The van der Waals surface area contributed by atoms with Crippen LogP contribution in [0.15, 0.2) is 53.1 Å². The lowest BCUT2D eigenvalue weighted by molar-refractivity contribution is -0.122. The van der Waals surface area contributed by atoms with Gasteiger partial charge in [-0.25, -0.2) is 0 Å². The van der Waals surface area contributed by atoms with E-state index in [0.29, 0.717) is 18.3 Å². The van der Waals surface area contributed by atoms with E-state index < -0.39 is 5.92 Å². The normalized spacial score (nSPS) is 16.4. The number of benzene rings is 2. The maximum atomic E-state index is 12.6. The highest BCUT2D eigenvalue weighted by molar-refractivity contribution is 6.03. The van der Waals surface area contributed by atoms with Gasteiger partial charge in [-0.1, -0.05) is 35.0 Å². The quantitative estimate of drug-likeness (QED) is 0.754. The van der Waals surface area contributed by atoms with Crippen molar-refractivity contribution in [2.45, 2.75) is 20.3 Å². The number of nitrogens with zero attached hydrogens (tertiary/aromatic N) is 3. The molecule has 1 atom stereocenters. The van der Waals surface area contributed by atoms with Crippen LogP contribution in [-0.2, 0) is 9.59 Å². The van der Waals surface area contributed by atoms with Crippen molar-refractivity contribution in [1.82, 2.24) is 10.1 Å². The van der Waals surface area contributed by atoms with Crippen molar-refractivity contribution in [3.8, 4) is 11.4 Å². The van der Waals surface area contributed by atoms with E-state index in [2.05, 4.69) is 15.5 Å². The van der Waals surface area contributed by atoms with Crippen molar-refractivity contribution in [3.05, 3.63) is 60.0 Å². The van der Waals surface area contributed by atoms with Gasteiger partial charge in [-0.05, 0) is 31.2 Å². The van der Waals surface area contributed by atoms with E-state index in [-0.39, 0.29) is 18.2 Å². The first-order valence-electron chi connectivity index (χ1n) is 9.08. The average molecular weight is 376 g/mol. The van der Waals surface area contributed by atoms with Crippen LogP contribution in [0.5, 0.6) is 0 Å². The van der Waals surface area contributed by atoms with Gasteiger partial charge in [0.2, 0.25) is 23.5 Å². The highest BCUT2D eigenvalue weighted by Crippen LogP contribution is 2.29. The highest BCUT2D eigenvalue weighted by atomic mass is 16.5. The summed E-state index contributed by atoms with van der Waals surface area (Å²) in [6, 6.07) is 15.0. The molecule has 0 spiro atoms. The monoisotopic (exact) mass is 376 g/mol. The Kier molecular flexibility index (Phi) is 4.65. The minimum Gasteiger partial charge on any atom is -0.339 e. The minimum absolute atomic E-state index is 0.0782. The molecule has 2 amide bonds. The second-order valence-corrected chi connectivity index (χ2v) is 6.95. The smallest absolute Gasteiger partial charge is 0.229 e. The molecule has 1 N–H and O–H groups in total. The van der Waals surface area contributed by atoms with Gasteiger partial charge in [0.25, 0.3) is 0 Å². The number of aryl methyl sites for hydroxylation is 2. The molecule has 1 saturated heterocycles. The standard InChI is InChI=1S/C21H20N4O3/c1-13-6-8-17(9-7-13)23-21(27)16-11-19(26)25(12-16)18-5-3-4-15(10-18)20-22-14(2)28-24-20/h3-10,16H,11-12H2,1-2H3,(H,23,27)/t16-/m1/s1. The van der Waals surface area contributed by atoms with Gasteiger partial charge in [-0.2, -0.15) is 4.98 Å². The maximum Gasteiger partial charge on any atom is 0.229 e. The van der Waals surface area contributed by atoms with Crippen LogP contribution >= 0.6 is 0 Å². The molecule has 0 unspecified atom stereocenters. The topological polar surface area (TPSA) is 88.3 Å². The third kappa shape index (κ3) is 3.64. The fraction of sp³-hybridized carbons (Fsp3) is 0.238. The Labute approximate surface area is 162 Å². The summed E-state index contributed by atoms with van der Waals surface area (Å²) in [5.74, 6) is 0.324. The third-order valence-electron chi connectivity index (χ3n) is 4.76. The molecule has 1 fully saturated rings. The Balaban J connectivity index is 1.49. The third-order valence-corrected chi connectivity index (χ3v) is 4.76. The SMILES string of the molecule is Cc1ccc(NC(=O)[C@@H]2CC(=O)N(c3cccc(-c4noc(C)n4)c3)C2)cc1. The van der Waals surface area contributed by atoms with Crippen LogP contribution in [0.3, 0.4) is 0 Å². The molecule has 0 aliphatic carbocycles.